The van der Waals surface area contributed by atoms with Crippen LogP contribution in [-0.4, -0.2) is 42.7 Å². The number of fused-ring (bicyclic) bond motifs is 1. The minimum atomic E-state index is -0.112. The van der Waals surface area contributed by atoms with Gasteiger partial charge in [0.05, 0.1) is 6.20 Å². The average molecular weight is 417 g/mol. The highest BCUT2D eigenvalue weighted by atomic mass is 16.3. The zero-order chi connectivity index (χ0) is 21.4. The fourth-order valence-electron chi connectivity index (χ4n) is 4.01. The van der Waals surface area contributed by atoms with Gasteiger partial charge in [0.25, 0.3) is 0 Å². The van der Waals surface area contributed by atoms with Crippen molar-refractivity contribution in [1.82, 2.24) is 29.7 Å². The lowest BCUT2D eigenvalue weighted by molar-refractivity contribution is 0.0972. The van der Waals surface area contributed by atoms with Gasteiger partial charge in [-0.25, -0.2) is 19.9 Å². The number of carbonyl (C=O) groups is 1. The summed E-state index contributed by atoms with van der Waals surface area (Å²) in [6, 6.07) is 4.16. The van der Waals surface area contributed by atoms with Crippen molar-refractivity contribution in [3.63, 3.8) is 0 Å². The summed E-state index contributed by atoms with van der Waals surface area (Å²) in [4.78, 5) is 30.7. The first-order valence-corrected chi connectivity index (χ1v) is 10.4. The molecule has 5 heterocycles. The number of hydrogen-bond acceptors (Lipinski definition) is 8. The van der Waals surface area contributed by atoms with Crippen molar-refractivity contribution in [2.24, 2.45) is 0 Å². The molecule has 0 spiro atoms. The van der Waals surface area contributed by atoms with E-state index < -0.39 is 0 Å². The van der Waals surface area contributed by atoms with E-state index in [1.807, 2.05) is 29.7 Å². The van der Waals surface area contributed by atoms with Gasteiger partial charge >= 0.3 is 0 Å². The highest BCUT2D eigenvalue weighted by Crippen LogP contribution is 2.31. The number of nitrogens with two attached hydrogens (primary N) is 1. The number of nitrogen functional groups attached to an aromatic ring is 1. The van der Waals surface area contributed by atoms with Crippen LogP contribution in [0.3, 0.4) is 0 Å². The molecule has 1 unspecified atom stereocenters. The maximum Gasteiger partial charge on any atom is 0.247 e. The SMILES string of the molecule is Cc1cnc2ccc(-c3nc(C(=O)CCC4CCCN4)c(N)nc3-c3ncco3)cn12. The first-order chi connectivity index (χ1) is 15.1. The number of imidazole rings is 1. The van der Waals surface area contributed by atoms with Crippen molar-refractivity contribution >= 4 is 17.2 Å². The van der Waals surface area contributed by atoms with E-state index in [0.717, 1.165) is 42.7 Å². The molecule has 3 N–H and O–H groups in total. The number of aromatic nitrogens is 5. The summed E-state index contributed by atoms with van der Waals surface area (Å²) in [5.41, 5.74) is 9.81. The molecule has 0 amide bonds. The highest BCUT2D eigenvalue weighted by Gasteiger charge is 2.23. The van der Waals surface area contributed by atoms with Crippen LogP contribution >= 0.6 is 0 Å². The largest absolute Gasteiger partial charge is 0.443 e. The van der Waals surface area contributed by atoms with Gasteiger partial charge in [0.1, 0.15) is 23.3 Å². The molecule has 9 heteroatoms. The number of aryl methyl sites for hydroxylation is 1. The first-order valence-electron chi connectivity index (χ1n) is 10.4. The molecule has 0 bridgehead atoms. The van der Waals surface area contributed by atoms with E-state index in [-0.39, 0.29) is 17.3 Å². The number of nitrogens with zero attached hydrogens (tertiary/aromatic N) is 5. The first kappa shape index (κ1) is 19.4. The number of nitrogens with one attached hydrogen (secondary N) is 1. The minimum Gasteiger partial charge on any atom is -0.443 e. The molecular weight excluding hydrogens is 394 g/mol. The van der Waals surface area contributed by atoms with Gasteiger partial charge in [0.2, 0.25) is 5.89 Å². The zero-order valence-corrected chi connectivity index (χ0v) is 17.2. The van der Waals surface area contributed by atoms with Crippen LogP contribution in [0, 0.1) is 6.92 Å². The van der Waals surface area contributed by atoms with E-state index in [1.54, 1.807) is 6.20 Å². The maximum atomic E-state index is 13.0. The lowest BCUT2D eigenvalue weighted by Gasteiger charge is -2.12. The molecule has 0 aromatic carbocycles. The molecule has 4 aromatic rings. The lowest BCUT2D eigenvalue weighted by Crippen LogP contribution is -2.22. The predicted molar refractivity (Wildman–Crippen MR) is 115 cm³/mol. The monoisotopic (exact) mass is 417 g/mol. The lowest BCUT2D eigenvalue weighted by atomic mass is 10.0. The molecule has 0 aliphatic carbocycles. The molecule has 0 radical (unpaired) electrons. The van der Waals surface area contributed by atoms with Crippen molar-refractivity contribution in [2.45, 2.75) is 38.6 Å². The van der Waals surface area contributed by atoms with Crippen molar-refractivity contribution in [3.8, 4) is 22.8 Å². The van der Waals surface area contributed by atoms with Gasteiger partial charge in [0.15, 0.2) is 17.3 Å². The van der Waals surface area contributed by atoms with E-state index in [9.17, 15) is 4.79 Å². The second-order valence-electron chi connectivity index (χ2n) is 7.79. The Balaban J connectivity index is 1.57. The number of Topliss-reactive ketones (excluding diaryl/α,β-unsaturated/α-hetero) is 1. The number of anilines is 1. The summed E-state index contributed by atoms with van der Waals surface area (Å²) >= 11 is 0. The normalized spacial score (nSPS) is 16.2. The van der Waals surface area contributed by atoms with Gasteiger partial charge in [-0.3, -0.25) is 4.79 Å². The molecule has 1 saturated heterocycles. The molecular formula is C22H23N7O2. The Hall–Kier alpha value is -3.59. The maximum absolute atomic E-state index is 13.0. The van der Waals surface area contributed by atoms with Crippen molar-refractivity contribution < 1.29 is 9.21 Å². The molecule has 0 saturated carbocycles. The Morgan fingerprint density at radius 3 is 2.97 bits per heavy atom. The second-order valence-corrected chi connectivity index (χ2v) is 7.79. The molecule has 1 aliphatic heterocycles. The predicted octanol–water partition coefficient (Wildman–Crippen LogP) is 3.05. The Kier molecular flexibility index (Phi) is 4.95. The Morgan fingerprint density at radius 1 is 1.29 bits per heavy atom. The van der Waals surface area contributed by atoms with Gasteiger partial charge < -0.3 is 19.9 Å². The molecule has 5 rings (SSSR count). The summed E-state index contributed by atoms with van der Waals surface area (Å²) < 4.78 is 7.43. The second kappa shape index (κ2) is 7.92. The Morgan fingerprint density at radius 2 is 2.19 bits per heavy atom. The quantitative estimate of drug-likeness (QED) is 0.459. The summed E-state index contributed by atoms with van der Waals surface area (Å²) in [7, 11) is 0. The fourth-order valence-corrected chi connectivity index (χ4v) is 4.01. The topological polar surface area (TPSA) is 124 Å². The van der Waals surface area contributed by atoms with Crippen LogP contribution in [0.2, 0.25) is 0 Å². The van der Waals surface area contributed by atoms with Crippen LogP contribution in [0.15, 0.2) is 41.4 Å². The van der Waals surface area contributed by atoms with E-state index >= 15 is 0 Å². The zero-order valence-electron chi connectivity index (χ0n) is 17.2. The third-order valence-electron chi connectivity index (χ3n) is 5.67. The molecule has 1 fully saturated rings. The smallest absolute Gasteiger partial charge is 0.247 e. The van der Waals surface area contributed by atoms with Crippen LogP contribution in [0.1, 0.15) is 41.9 Å². The summed E-state index contributed by atoms with van der Waals surface area (Å²) in [5, 5.41) is 3.41. The molecule has 4 aromatic heterocycles. The minimum absolute atomic E-state index is 0.0845. The van der Waals surface area contributed by atoms with Crippen LogP contribution < -0.4 is 11.1 Å². The summed E-state index contributed by atoms with van der Waals surface area (Å²) in [6.45, 7) is 2.98. The number of hydrogen-bond donors (Lipinski definition) is 2. The van der Waals surface area contributed by atoms with Crippen LogP contribution in [0.5, 0.6) is 0 Å². The third-order valence-corrected chi connectivity index (χ3v) is 5.67. The summed E-state index contributed by atoms with van der Waals surface area (Å²) in [5.74, 6) is 0.269. The Labute approximate surface area is 178 Å². The third kappa shape index (κ3) is 3.68. The molecule has 1 atom stereocenters. The van der Waals surface area contributed by atoms with Gasteiger partial charge in [0, 0.05) is 36.1 Å². The van der Waals surface area contributed by atoms with Crippen LogP contribution in [0.25, 0.3) is 28.5 Å². The van der Waals surface area contributed by atoms with Crippen molar-refractivity contribution in [3.05, 3.63) is 48.4 Å². The molecule has 9 nitrogen and oxygen atoms in total. The number of pyridine rings is 1. The average Bonchev–Trinajstić information content (AvgIpc) is 3.55. The standard InChI is InChI=1S/C22H23N7O2/c1-13-11-26-17-7-4-14(12-29(13)17)18-20(22-25-9-10-31-22)28-21(23)19(27-18)16(30)6-5-15-3-2-8-24-15/h4,7,9-12,15,24H,2-3,5-6,8H2,1H3,(H2,23,28). The van der Waals surface area contributed by atoms with Gasteiger partial charge in [-0.05, 0) is 44.9 Å². The number of oxazole rings is 1. The van der Waals surface area contributed by atoms with E-state index in [4.69, 9.17) is 10.2 Å². The van der Waals surface area contributed by atoms with Crippen LogP contribution in [-0.2, 0) is 0 Å². The molecule has 1 aliphatic rings. The fraction of sp³-hybridized carbons (Fsp3) is 0.318. The van der Waals surface area contributed by atoms with Crippen LogP contribution in [0.4, 0.5) is 5.82 Å². The van der Waals surface area contributed by atoms with E-state index in [2.05, 4.69) is 25.3 Å². The number of carbonyl (C=O) groups excluding carboxylic acids is 1. The molecule has 31 heavy (non-hydrogen) atoms. The van der Waals surface area contributed by atoms with Crippen molar-refractivity contribution in [2.75, 3.05) is 12.3 Å². The number of ketones is 1. The van der Waals surface area contributed by atoms with Gasteiger partial charge in [-0.15, -0.1) is 0 Å². The van der Waals surface area contributed by atoms with E-state index in [0.29, 0.717) is 29.7 Å². The highest BCUT2D eigenvalue weighted by molar-refractivity contribution is 5.99. The van der Waals surface area contributed by atoms with Gasteiger partial charge in [-0.1, -0.05) is 0 Å². The Bertz CT molecular complexity index is 1240. The summed E-state index contributed by atoms with van der Waals surface area (Å²) in [6.07, 6.45) is 10.1. The number of rotatable bonds is 6. The van der Waals surface area contributed by atoms with E-state index in [1.165, 1.54) is 12.5 Å². The molecule has 158 valence electrons. The van der Waals surface area contributed by atoms with Gasteiger partial charge in [-0.2, -0.15) is 0 Å². The van der Waals surface area contributed by atoms with Crippen molar-refractivity contribution in [1.29, 1.82) is 0 Å².